The lowest BCUT2D eigenvalue weighted by atomic mass is 10.2. The summed E-state index contributed by atoms with van der Waals surface area (Å²) in [6.45, 7) is 0. The standard InChI is InChI=1S/C7H4BrF2NO/c8-5-2-1-4(3-11-12)6(9)7(5)10/h1-3,12H/b11-3-. The van der Waals surface area contributed by atoms with Crippen LogP contribution in [0.15, 0.2) is 21.8 Å². The number of oxime groups is 1. The average Bonchev–Trinajstić information content (AvgIpc) is 2.07. The fraction of sp³-hybridized carbons (Fsp3) is 0. The first-order chi connectivity index (χ1) is 5.66. The fourth-order valence-electron chi connectivity index (χ4n) is 0.703. The Labute approximate surface area is 75.6 Å². The highest BCUT2D eigenvalue weighted by molar-refractivity contribution is 9.10. The van der Waals surface area contributed by atoms with Gasteiger partial charge in [0.15, 0.2) is 11.6 Å². The highest BCUT2D eigenvalue weighted by atomic mass is 79.9. The van der Waals surface area contributed by atoms with Crippen molar-refractivity contribution in [1.29, 1.82) is 0 Å². The molecule has 0 heterocycles. The second kappa shape index (κ2) is 3.62. The van der Waals surface area contributed by atoms with Gasteiger partial charge in [0.2, 0.25) is 0 Å². The highest BCUT2D eigenvalue weighted by Gasteiger charge is 2.09. The van der Waals surface area contributed by atoms with Gasteiger partial charge < -0.3 is 5.21 Å². The van der Waals surface area contributed by atoms with Gasteiger partial charge in [0.25, 0.3) is 0 Å². The first-order valence-electron chi connectivity index (χ1n) is 2.97. The van der Waals surface area contributed by atoms with Crippen LogP contribution in [-0.2, 0) is 0 Å². The Bertz CT molecular complexity index is 327. The summed E-state index contributed by atoms with van der Waals surface area (Å²) in [6.07, 6.45) is 0.824. The summed E-state index contributed by atoms with van der Waals surface area (Å²) in [6, 6.07) is 2.62. The van der Waals surface area contributed by atoms with Crippen molar-refractivity contribution in [2.75, 3.05) is 0 Å². The van der Waals surface area contributed by atoms with Crippen LogP contribution in [0.3, 0.4) is 0 Å². The predicted molar refractivity (Wildman–Crippen MR) is 43.4 cm³/mol. The minimum Gasteiger partial charge on any atom is -0.411 e. The lowest BCUT2D eigenvalue weighted by Gasteiger charge is -1.98. The minimum atomic E-state index is -1.04. The second-order valence-corrected chi connectivity index (χ2v) is 2.86. The Morgan fingerprint density at radius 2 is 2.00 bits per heavy atom. The normalized spacial score (nSPS) is 10.9. The molecule has 1 N–H and O–H groups in total. The maximum atomic E-state index is 12.8. The molecule has 2 nitrogen and oxygen atoms in total. The summed E-state index contributed by atoms with van der Waals surface area (Å²) >= 11 is 2.81. The Kier molecular flexibility index (Phi) is 2.75. The van der Waals surface area contributed by atoms with E-state index < -0.39 is 11.6 Å². The molecule has 0 bridgehead atoms. The Morgan fingerprint density at radius 3 is 2.58 bits per heavy atom. The molecule has 0 saturated carbocycles. The van der Waals surface area contributed by atoms with Crippen LogP contribution >= 0.6 is 15.9 Å². The van der Waals surface area contributed by atoms with E-state index in [4.69, 9.17) is 5.21 Å². The minimum absolute atomic E-state index is 0.0371. The molecule has 0 saturated heterocycles. The molecule has 0 aromatic heterocycles. The van der Waals surface area contributed by atoms with Gasteiger partial charge in [-0.2, -0.15) is 0 Å². The first-order valence-corrected chi connectivity index (χ1v) is 3.77. The number of halogens is 3. The average molecular weight is 236 g/mol. The summed E-state index contributed by atoms with van der Waals surface area (Å²) in [4.78, 5) is 0. The van der Waals surface area contributed by atoms with E-state index in [1.807, 2.05) is 0 Å². The summed E-state index contributed by atoms with van der Waals surface area (Å²) in [5, 5.41) is 10.7. The summed E-state index contributed by atoms with van der Waals surface area (Å²) in [5.74, 6) is -2.03. The SMILES string of the molecule is O/N=C\c1ccc(Br)c(F)c1F. The van der Waals surface area contributed by atoms with E-state index >= 15 is 0 Å². The Morgan fingerprint density at radius 1 is 1.33 bits per heavy atom. The van der Waals surface area contributed by atoms with Gasteiger partial charge in [-0.1, -0.05) is 5.16 Å². The maximum Gasteiger partial charge on any atom is 0.173 e. The van der Waals surface area contributed by atoms with Gasteiger partial charge in [0.1, 0.15) is 0 Å². The first kappa shape index (κ1) is 9.12. The van der Waals surface area contributed by atoms with Crippen molar-refractivity contribution in [1.82, 2.24) is 0 Å². The van der Waals surface area contributed by atoms with E-state index in [0.29, 0.717) is 0 Å². The quantitative estimate of drug-likeness (QED) is 0.345. The number of nitrogens with zero attached hydrogens (tertiary/aromatic N) is 1. The fourth-order valence-corrected chi connectivity index (χ4v) is 1.01. The monoisotopic (exact) mass is 235 g/mol. The molecule has 0 aliphatic rings. The highest BCUT2D eigenvalue weighted by Crippen LogP contribution is 2.19. The van der Waals surface area contributed by atoms with Crippen LogP contribution in [0.4, 0.5) is 8.78 Å². The van der Waals surface area contributed by atoms with Gasteiger partial charge in [0.05, 0.1) is 10.7 Å². The Balaban J connectivity index is 3.26. The number of benzene rings is 1. The molecule has 1 rings (SSSR count). The van der Waals surface area contributed by atoms with Crippen molar-refractivity contribution in [2.45, 2.75) is 0 Å². The molecule has 5 heteroatoms. The van der Waals surface area contributed by atoms with Crippen LogP contribution in [0.25, 0.3) is 0 Å². The zero-order valence-electron chi connectivity index (χ0n) is 5.76. The van der Waals surface area contributed by atoms with Crippen LogP contribution < -0.4 is 0 Å². The van der Waals surface area contributed by atoms with Crippen molar-refractivity contribution in [3.8, 4) is 0 Å². The molecule has 64 valence electrons. The zero-order valence-corrected chi connectivity index (χ0v) is 7.35. The molecule has 0 aliphatic carbocycles. The van der Waals surface area contributed by atoms with E-state index in [2.05, 4.69) is 21.1 Å². The second-order valence-electron chi connectivity index (χ2n) is 2.01. The van der Waals surface area contributed by atoms with Crippen molar-refractivity contribution in [3.63, 3.8) is 0 Å². The third-order valence-electron chi connectivity index (χ3n) is 1.26. The number of hydrogen-bond acceptors (Lipinski definition) is 2. The van der Waals surface area contributed by atoms with E-state index in [0.717, 1.165) is 6.21 Å². The largest absolute Gasteiger partial charge is 0.411 e. The maximum absolute atomic E-state index is 12.8. The van der Waals surface area contributed by atoms with Crippen molar-refractivity contribution in [2.24, 2.45) is 5.16 Å². The predicted octanol–water partition coefficient (Wildman–Crippen LogP) is 2.54. The molecule has 1 aromatic carbocycles. The van der Waals surface area contributed by atoms with E-state index in [1.54, 1.807) is 0 Å². The summed E-state index contributed by atoms with van der Waals surface area (Å²) in [5.41, 5.74) is -0.0989. The van der Waals surface area contributed by atoms with Crippen LogP contribution in [-0.4, -0.2) is 11.4 Å². The molecule has 0 atom stereocenters. The van der Waals surface area contributed by atoms with E-state index in [1.165, 1.54) is 12.1 Å². The van der Waals surface area contributed by atoms with E-state index in [9.17, 15) is 8.78 Å². The van der Waals surface area contributed by atoms with Crippen LogP contribution in [0.2, 0.25) is 0 Å². The molecule has 0 fully saturated rings. The van der Waals surface area contributed by atoms with Crippen LogP contribution in [0, 0.1) is 11.6 Å². The van der Waals surface area contributed by atoms with Crippen LogP contribution in [0.1, 0.15) is 5.56 Å². The van der Waals surface area contributed by atoms with E-state index in [-0.39, 0.29) is 10.0 Å². The van der Waals surface area contributed by atoms with Gasteiger partial charge in [-0.3, -0.25) is 0 Å². The molecule has 0 amide bonds. The third kappa shape index (κ3) is 1.61. The molecular formula is C7H4BrF2NO. The molecule has 12 heavy (non-hydrogen) atoms. The molecule has 0 aliphatic heterocycles. The summed E-state index contributed by atoms with van der Waals surface area (Å²) in [7, 11) is 0. The lowest BCUT2D eigenvalue weighted by molar-refractivity contribution is 0.321. The number of hydrogen-bond donors (Lipinski definition) is 1. The van der Waals surface area contributed by atoms with Gasteiger partial charge in [-0.25, -0.2) is 8.78 Å². The molecule has 0 spiro atoms. The molecule has 1 aromatic rings. The molecule has 0 radical (unpaired) electrons. The van der Waals surface area contributed by atoms with Gasteiger partial charge in [-0.05, 0) is 28.1 Å². The van der Waals surface area contributed by atoms with Gasteiger partial charge in [0, 0.05) is 5.56 Å². The van der Waals surface area contributed by atoms with Crippen molar-refractivity contribution < 1.29 is 14.0 Å². The topological polar surface area (TPSA) is 32.6 Å². The van der Waals surface area contributed by atoms with Crippen molar-refractivity contribution in [3.05, 3.63) is 33.8 Å². The molecule has 0 unspecified atom stereocenters. The summed E-state index contributed by atoms with van der Waals surface area (Å²) < 4.78 is 25.6. The van der Waals surface area contributed by atoms with Crippen molar-refractivity contribution >= 4 is 22.1 Å². The molecular weight excluding hydrogens is 232 g/mol. The van der Waals surface area contributed by atoms with Crippen LogP contribution in [0.5, 0.6) is 0 Å². The van der Waals surface area contributed by atoms with Gasteiger partial charge >= 0.3 is 0 Å². The lowest BCUT2D eigenvalue weighted by Crippen LogP contribution is -1.93. The third-order valence-corrected chi connectivity index (χ3v) is 1.87. The smallest absolute Gasteiger partial charge is 0.173 e. The zero-order chi connectivity index (χ0) is 9.14. The Hall–Kier alpha value is -0.970. The van der Waals surface area contributed by atoms with Gasteiger partial charge in [-0.15, -0.1) is 0 Å². The number of rotatable bonds is 1.